The summed E-state index contributed by atoms with van der Waals surface area (Å²) in [5, 5.41) is 0. The molecule has 2 aromatic rings. The Morgan fingerprint density at radius 2 is 1.82 bits per heavy atom. The number of nitrogens with zero attached hydrogens (tertiary/aromatic N) is 1. The van der Waals surface area contributed by atoms with Crippen molar-refractivity contribution in [2.75, 3.05) is 5.73 Å². The molecule has 0 bridgehead atoms. The lowest BCUT2D eigenvalue weighted by Gasteiger charge is -2.08. The molecule has 1 aromatic carbocycles. The lowest BCUT2D eigenvalue weighted by atomic mass is 10.3. The van der Waals surface area contributed by atoms with Gasteiger partial charge in [-0.25, -0.2) is 13.8 Å². The number of benzene rings is 1. The molecule has 2 N–H and O–H groups in total. The molecule has 0 aliphatic rings. The Labute approximate surface area is 104 Å². The maximum Gasteiger partial charge on any atom is 0.168 e. The quantitative estimate of drug-likeness (QED) is 0.864. The van der Waals surface area contributed by atoms with Crippen LogP contribution in [0.15, 0.2) is 34.9 Å². The average molecular weight is 301 g/mol. The largest absolute Gasteiger partial charge is 0.451 e. The fourth-order valence-corrected chi connectivity index (χ4v) is 1.61. The van der Waals surface area contributed by atoms with Crippen LogP contribution in [0, 0.1) is 11.6 Å². The first-order valence-corrected chi connectivity index (χ1v) is 5.40. The van der Waals surface area contributed by atoms with Gasteiger partial charge in [0.1, 0.15) is 11.6 Å². The number of rotatable bonds is 2. The molecule has 6 heteroatoms. The Morgan fingerprint density at radius 3 is 2.47 bits per heavy atom. The van der Waals surface area contributed by atoms with E-state index in [1.165, 1.54) is 18.2 Å². The summed E-state index contributed by atoms with van der Waals surface area (Å²) < 4.78 is 31.6. The van der Waals surface area contributed by atoms with Gasteiger partial charge in [0.05, 0.1) is 0 Å². The Balaban J connectivity index is 2.31. The first-order valence-electron chi connectivity index (χ1n) is 4.61. The number of nitrogen functional groups attached to an aromatic ring is 1. The zero-order valence-corrected chi connectivity index (χ0v) is 10.0. The summed E-state index contributed by atoms with van der Waals surface area (Å²) in [6, 6.07) is 6.11. The van der Waals surface area contributed by atoms with Gasteiger partial charge >= 0.3 is 0 Å². The number of anilines is 1. The highest BCUT2D eigenvalue weighted by atomic mass is 79.9. The van der Waals surface area contributed by atoms with E-state index in [0.29, 0.717) is 16.2 Å². The highest BCUT2D eigenvalue weighted by Gasteiger charge is 2.09. The van der Waals surface area contributed by atoms with Gasteiger partial charge in [-0.2, -0.15) is 0 Å². The molecular formula is C11H7BrF2N2O. The van der Waals surface area contributed by atoms with E-state index in [2.05, 4.69) is 20.9 Å². The van der Waals surface area contributed by atoms with E-state index < -0.39 is 11.6 Å². The van der Waals surface area contributed by atoms with Gasteiger partial charge in [-0.15, -0.1) is 0 Å². The van der Waals surface area contributed by atoms with Crippen molar-refractivity contribution in [2.45, 2.75) is 0 Å². The van der Waals surface area contributed by atoms with Crippen LogP contribution in [0.4, 0.5) is 14.6 Å². The van der Waals surface area contributed by atoms with E-state index in [0.717, 1.165) is 12.1 Å². The second-order valence-electron chi connectivity index (χ2n) is 3.20. The van der Waals surface area contributed by atoms with Crippen LogP contribution in [0.2, 0.25) is 0 Å². The van der Waals surface area contributed by atoms with Gasteiger partial charge in [0.25, 0.3) is 0 Å². The SMILES string of the molecule is Nc1ccc(Oc2ccc(F)cc2F)c(Br)n1. The third kappa shape index (κ3) is 2.71. The summed E-state index contributed by atoms with van der Waals surface area (Å²) in [7, 11) is 0. The van der Waals surface area contributed by atoms with E-state index in [1.807, 2.05) is 0 Å². The Kier molecular flexibility index (Phi) is 3.23. The Bertz CT molecular complexity index is 514. The predicted octanol–water partition coefficient (Wildman–Crippen LogP) is 3.50. The second kappa shape index (κ2) is 4.67. The van der Waals surface area contributed by atoms with Crippen LogP contribution in [0.25, 0.3) is 0 Å². The monoisotopic (exact) mass is 300 g/mol. The Morgan fingerprint density at radius 1 is 1.12 bits per heavy atom. The van der Waals surface area contributed by atoms with Crippen LogP contribution in [0.3, 0.4) is 0 Å². The molecule has 0 fully saturated rings. The summed E-state index contributed by atoms with van der Waals surface area (Å²) in [5.41, 5.74) is 5.45. The van der Waals surface area contributed by atoms with Crippen LogP contribution in [0.1, 0.15) is 0 Å². The van der Waals surface area contributed by atoms with Crippen molar-refractivity contribution < 1.29 is 13.5 Å². The van der Waals surface area contributed by atoms with Gasteiger partial charge in [0.2, 0.25) is 0 Å². The van der Waals surface area contributed by atoms with Crippen LogP contribution in [-0.2, 0) is 0 Å². The number of nitrogens with two attached hydrogens (primary N) is 1. The molecule has 88 valence electrons. The van der Waals surface area contributed by atoms with Crippen molar-refractivity contribution in [2.24, 2.45) is 0 Å². The van der Waals surface area contributed by atoms with Crippen molar-refractivity contribution in [1.82, 2.24) is 4.98 Å². The molecule has 3 nitrogen and oxygen atoms in total. The molecule has 0 unspecified atom stereocenters. The summed E-state index contributed by atoms with van der Waals surface area (Å²) in [4.78, 5) is 3.89. The van der Waals surface area contributed by atoms with Crippen molar-refractivity contribution in [3.05, 3.63) is 46.6 Å². The fraction of sp³-hybridized carbons (Fsp3) is 0. The molecule has 0 saturated heterocycles. The number of ether oxygens (including phenoxy) is 1. The molecule has 0 atom stereocenters. The minimum Gasteiger partial charge on any atom is -0.451 e. The van der Waals surface area contributed by atoms with Gasteiger partial charge in [0.15, 0.2) is 21.9 Å². The van der Waals surface area contributed by atoms with Gasteiger partial charge in [-0.05, 0) is 40.2 Å². The van der Waals surface area contributed by atoms with Gasteiger partial charge in [-0.1, -0.05) is 0 Å². The predicted molar refractivity (Wildman–Crippen MR) is 62.8 cm³/mol. The van der Waals surface area contributed by atoms with E-state index in [1.54, 1.807) is 0 Å². The van der Waals surface area contributed by atoms with Gasteiger partial charge in [0, 0.05) is 6.07 Å². The zero-order chi connectivity index (χ0) is 12.4. The minimum atomic E-state index is -0.784. The molecular weight excluding hydrogens is 294 g/mol. The number of pyridine rings is 1. The topological polar surface area (TPSA) is 48.1 Å². The van der Waals surface area contributed by atoms with Crippen molar-refractivity contribution in [3.8, 4) is 11.5 Å². The van der Waals surface area contributed by atoms with E-state index >= 15 is 0 Å². The number of hydrogen-bond acceptors (Lipinski definition) is 3. The van der Waals surface area contributed by atoms with Gasteiger partial charge in [-0.3, -0.25) is 0 Å². The van der Waals surface area contributed by atoms with Crippen molar-refractivity contribution >= 4 is 21.7 Å². The average Bonchev–Trinajstić information content (AvgIpc) is 2.25. The maximum atomic E-state index is 13.3. The molecule has 17 heavy (non-hydrogen) atoms. The van der Waals surface area contributed by atoms with E-state index in [9.17, 15) is 8.78 Å². The minimum absolute atomic E-state index is 0.0846. The zero-order valence-electron chi connectivity index (χ0n) is 8.45. The molecule has 0 aliphatic carbocycles. The standard InChI is InChI=1S/C11H7BrF2N2O/c12-11-9(3-4-10(15)16-11)17-8-2-1-6(13)5-7(8)14/h1-5H,(H2,15,16). The van der Waals surface area contributed by atoms with Crippen LogP contribution in [-0.4, -0.2) is 4.98 Å². The van der Waals surface area contributed by atoms with Crippen LogP contribution < -0.4 is 10.5 Å². The lowest BCUT2D eigenvalue weighted by Crippen LogP contribution is -1.94. The number of hydrogen-bond donors (Lipinski definition) is 1. The molecule has 1 aromatic heterocycles. The molecule has 1 heterocycles. The smallest absolute Gasteiger partial charge is 0.168 e. The summed E-state index contributed by atoms with van der Waals surface area (Å²) in [6.07, 6.45) is 0. The van der Waals surface area contributed by atoms with Gasteiger partial charge < -0.3 is 10.5 Å². The Hall–Kier alpha value is -1.69. The highest BCUT2D eigenvalue weighted by Crippen LogP contribution is 2.30. The number of aromatic nitrogens is 1. The van der Waals surface area contributed by atoms with Crippen molar-refractivity contribution in [3.63, 3.8) is 0 Å². The summed E-state index contributed by atoms with van der Waals surface area (Å²) >= 11 is 3.13. The molecule has 0 radical (unpaired) electrons. The maximum absolute atomic E-state index is 13.3. The molecule has 2 rings (SSSR count). The molecule has 0 spiro atoms. The lowest BCUT2D eigenvalue weighted by molar-refractivity contribution is 0.434. The first kappa shape index (κ1) is 11.8. The van der Waals surface area contributed by atoms with Crippen molar-refractivity contribution in [1.29, 1.82) is 0 Å². The van der Waals surface area contributed by atoms with E-state index in [4.69, 9.17) is 10.5 Å². The number of halogens is 3. The summed E-state index contributed by atoms with van der Waals surface area (Å²) in [5.74, 6) is -0.926. The highest BCUT2D eigenvalue weighted by molar-refractivity contribution is 9.10. The fourth-order valence-electron chi connectivity index (χ4n) is 1.19. The third-order valence-electron chi connectivity index (χ3n) is 1.95. The first-order chi connectivity index (χ1) is 8.06. The van der Waals surface area contributed by atoms with E-state index in [-0.39, 0.29) is 5.75 Å². The van der Waals surface area contributed by atoms with Crippen LogP contribution in [0.5, 0.6) is 11.5 Å². The molecule has 0 aliphatic heterocycles. The second-order valence-corrected chi connectivity index (χ2v) is 3.95. The third-order valence-corrected chi connectivity index (χ3v) is 2.52. The molecule has 0 saturated carbocycles. The summed E-state index contributed by atoms with van der Waals surface area (Å²) in [6.45, 7) is 0. The van der Waals surface area contributed by atoms with Crippen LogP contribution >= 0.6 is 15.9 Å². The normalized spacial score (nSPS) is 10.3. The molecule has 0 amide bonds.